The number of ether oxygens (including phenoxy) is 1. The van der Waals surface area contributed by atoms with Crippen molar-refractivity contribution in [1.29, 1.82) is 5.26 Å². The first-order chi connectivity index (χ1) is 14.3. The maximum absolute atomic E-state index is 13.7. The summed E-state index contributed by atoms with van der Waals surface area (Å²) < 4.78 is 6.22. The summed E-state index contributed by atoms with van der Waals surface area (Å²) >= 11 is 3.38. The zero-order chi connectivity index (χ0) is 21.4. The Bertz CT molecular complexity index is 1330. The third-order valence-corrected chi connectivity index (χ3v) is 6.24. The van der Waals surface area contributed by atoms with Crippen molar-refractivity contribution in [2.45, 2.75) is 5.41 Å². The van der Waals surface area contributed by atoms with Gasteiger partial charge in [0.25, 0.3) is 0 Å². The third kappa shape index (κ3) is 1.95. The van der Waals surface area contributed by atoms with Crippen LogP contribution < -0.4 is 10.6 Å². The van der Waals surface area contributed by atoms with Crippen LogP contribution in [0.25, 0.3) is 0 Å². The van der Waals surface area contributed by atoms with Gasteiger partial charge in [0.05, 0.1) is 5.57 Å². The topological polar surface area (TPSA) is 113 Å². The molecule has 8 heteroatoms. The lowest BCUT2D eigenvalue weighted by Crippen LogP contribution is -2.49. The van der Waals surface area contributed by atoms with Crippen LogP contribution in [0.15, 0.2) is 69.7 Å². The normalized spacial score (nSPS) is 22.0. The number of nitrogens with zero attached hydrogens (tertiary/aromatic N) is 2. The number of hydrogen-bond donors (Lipinski definition) is 1. The van der Waals surface area contributed by atoms with Gasteiger partial charge in [-0.05, 0) is 12.1 Å². The molecule has 1 aliphatic carbocycles. The molecule has 2 aromatic carbocycles. The lowest BCUT2D eigenvalue weighted by Gasteiger charge is -2.37. The fourth-order valence-corrected chi connectivity index (χ4v) is 4.81. The molecule has 2 aliphatic heterocycles. The molecule has 3 aliphatic rings. The molecule has 5 rings (SSSR count). The lowest BCUT2D eigenvalue weighted by atomic mass is 9.64. The minimum absolute atomic E-state index is 0.156. The van der Waals surface area contributed by atoms with Crippen LogP contribution in [-0.4, -0.2) is 24.5 Å². The van der Waals surface area contributed by atoms with Crippen molar-refractivity contribution in [1.82, 2.24) is 0 Å². The van der Waals surface area contributed by atoms with E-state index in [4.69, 9.17) is 10.5 Å². The van der Waals surface area contributed by atoms with Gasteiger partial charge < -0.3 is 15.4 Å². The monoisotopic (exact) mass is 461 g/mol. The van der Waals surface area contributed by atoms with E-state index in [2.05, 4.69) is 15.9 Å². The second-order valence-corrected chi connectivity index (χ2v) is 8.05. The smallest absolute Gasteiger partial charge is 0.247 e. The van der Waals surface area contributed by atoms with Gasteiger partial charge in [-0.15, -0.1) is 0 Å². The quantitative estimate of drug-likeness (QED) is 0.644. The molecular formula is C22H12BrN3O4. The van der Waals surface area contributed by atoms with Gasteiger partial charge in [-0.25, -0.2) is 0 Å². The third-order valence-electron chi connectivity index (χ3n) is 5.75. The zero-order valence-electron chi connectivity index (χ0n) is 15.5. The summed E-state index contributed by atoms with van der Waals surface area (Å²) in [4.78, 5) is 41.9. The van der Waals surface area contributed by atoms with Gasteiger partial charge in [0.15, 0.2) is 11.5 Å². The van der Waals surface area contributed by atoms with Crippen molar-refractivity contribution in [2.75, 3.05) is 11.9 Å². The molecule has 0 aromatic heterocycles. The molecule has 7 nitrogen and oxygen atoms in total. The van der Waals surface area contributed by atoms with Gasteiger partial charge in [0.2, 0.25) is 17.6 Å². The molecule has 0 bridgehead atoms. The lowest BCUT2D eigenvalue weighted by molar-refractivity contribution is -0.120. The number of rotatable bonds is 0. The van der Waals surface area contributed by atoms with Crippen LogP contribution in [0, 0.1) is 11.3 Å². The average molecular weight is 462 g/mol. The van der Waals surface area contributed by atoms with E-state index in [9.17, 15) is 19.6 Å². The number of likely N-dealkylation sites (N-methyl/N-ethyl adjacent to an activating group) is 1. The number of hydrogen-bond acceptors (Lipinski definition) is 6. The number of nitrogens with two attached hydrogens (primary N) is 1. The number of fused-ring (bicyclic) bond motifs is 4. The van der Waals surface area contributed by atoms with E-state index in [1.54, 1.807) is 37.4 Å². The van der Waals surface area contributed by atoms with Crippen molar-refractivity contribution >= 4 is 39.1 Å². The Balaban J connectivity index is 1.93. The summed E-state index contributed by atoms with van der Waals surface area (Å²) in [7, 11) is 1.55. The summed E-state index contributed by atoms with van der Waals surface area (Å²) in [5.41, 5.74) is 5.02. The van der Waals surface area contributed by atoms with E-state index < -0.39 is 22.9 Å². The van der Waals surface area contributed by atoms with E-state index in [1.807, 2.05) is 6.07 Å². The summed E-state index contributed by atoms with van der Waals surface area (Å²) in [5, 5.41) is 9.94. The maximum atomic E-state index is 13.7. The highest BCUT2D eigenvalue weighted by Crippen LogP contribution is 2.55. The second kappa shape index (κ2) is 5.90. The molecule has 1 atom stereocenters. The van der Waals surface area contributed by atoms with Gasteiger partial charge >= 0.3 is 0 Å². The number of amides is 1. The molecule has 0 saturated carbocycles. The first-order valence-corrected chi connectivity index (χ1v) is 9.72. The first-order valence-electron chi connectivity index (χ1n) is 8.93. The summed E-state index contributed by atoms with van der Waals surface area (Å²) in [6.07, 6.45) is 0. The highest BCUT2D eigenvalue weighted by molar-refractivity contribution is 9.10. The largest absolute Gasteiger partial charge is 0.436 e. The standard InChI is InChI=1S/C22H12BrN3O4/c1-26-15-8-10(23)6-7-13(15)22(21(26)29)14(9-24)20(25)30-19-16(22)17(27)11-4-2-3-5-12(11)18(19)28/h2-8H,25H2,1H3. The number of anilines is 1. The molecule has 1 amide bonds. The average Bonchev–Trinajstić information content (AvgIpc) is 2.94. The molecule has 0 radical (unpaired) electrons. The number of nitriles is 1. The van der Waals surface area contributed by atoms with Crippen molar-refractivity contribution in [3.63, 3.8) is 0 Å². The summed E-state index contributed by atoms with van der Waals surface area (Å²) in [6.45, 7) is 0. The van der Waals surface area contributed by atoms with E-state index in [1.165, 1.54) is 17.0 Å². The summed E-state index contributed by atoms with van der Waals surface area (Å²) in [6, 6.07) is 13.3. The molecule has 2 heterocycles. The van der Waals surface area contributed by atoms with Crippen LogP contribution in [0.5, 0.6) is 0 Å². The van der Waals surface area contributed by atoms with Crippen LogP contribution in [0.4, 0.5) is 5.69 Å². The van der Waals surface area contributed by atoms with Gasteiger partial charge in [-0.2, -0.15) is 5.26 Å². The molecule has 1 unspecified atom stereocenters. The van der Waals surface area contributed by atoms with Gasteiger partial charge in [0.1, 0.15) is 17.1 Å². The van der Waals surface area contributed by atoms with Crippen molar-refractivity contribution < 1.29 is 19.1 Å². The highest BCUT2D eigenvalue weighted by atomic mass is 79.9. The number of halogens is 1. The molecule has 0 fully saturated rings. The zero-order valence-corrected chi connectivity index (χ0v) is 17.1. The minimum Gasteiger partial charge on any atom is -0.436 e. The van der Waals surface area contributed by atoms with Crippen LogP contribution >= 0.6 is 15.9 Å². The van der Waals surface area contributed by atoms with Crippen molar-refractivity contribution in [2.24, 2.45) is 5.73 Å². The summed E-state index contributed by atoms with van der Waals surface area (Å²) in [5.74, 6) is -2.33. The Kier molecular flexibility index (Phi) is 3.61. The number of ketones is 2. The van der Waals surface area contributed by atoms with Crippen molar-refractivity contribution in [3.05, 3.63) is 86.4 Å². The number of Topliss-reactive ketones (excluding diaryl/α,β-unsaturated/α-hetero) is 2. The first kappa shape index (κ1) is 18.3. The van der Waals surface area contributed by atoms with E-state index in [-0.39, 0.29) is 33.9 Å². The molecule has 1 spiro atoms. The van der Waals surface area contributed by atoms with Crippen molar-refractivity contribution in [3.8, 4) is 6.07 Å². The van der Waals surface area contributed by atoms with Crippen LogP contribution in [-0.2, 0) is 14.9 Å². The molecule has 2 aromatic rings. The van der Waals surface area contributed by atoms with Gasteiger partial charge in [0, 0.05) is 33.9 Å². The Morgan fingerprint density at radius 1 is 1.10 bits per heavy atom. The fraction of sp³-hybridized carbons (Fsp3) is 0.0909. The molecule has 146 valence electrons. The molecule has 2 N–H and O–H groups in total. The van der Waals surface area contributed by atoms with E-state index in [0.717, 1.165) is 0 Å². The van der Waals surface area contributed by atoms with Gasteiger partial charge in [-0.1, -0.05) is 46.3 Å². The van der Waals surface area contributed by atoms with Crippen LogP contribution in [0.1, 0.15) is 26.3 Å². The number of carbonyl (C=O) groups excluding carboxylic acids is 3. The SMILES string of the molecule is CN1C(=O)C2(C(C#N)=C(N)OC3=C2C(=O)c2ccccc2C3=O)c2ccc(Br)cc21. The number of benzene rings is 2. The predicted molar refractivity (Wildman–Crippen MR) is 109 cm³/mol. The van der Waals surface area contributed by atoms with E-state index >= 15 is 0 Å². The minimum atomic E-state index is -1.85. The molecule has 30 heavy (non-hydrogen) atoms. The fourth-order valence-electron chi connectivity index (χ4n) is 4.46. The Labute approximate surface area is 179 Å². The number of carbonyl (C=O) groups is 3. The Hall–Kier alpha value is -3.70. The Morgan fingerprint density at radius 2 is 1.77 bits per heavy atom. The van der Waals surface area contributed by atoms with Gasteiger partial charge in [-0.3, -0.25) is 14.4 Å². The highest BCUT2D eigenvalue weighted by Gasteiger charge is 2.63. The van der Waals surface area contributed by atoms with Crippen LogP contribution in [0.2, 0.25) is 0 Å². The molecular weight excluding hydrogens is 450 g/mol. The van der Waals surface area contributed by atoms with Crippen LogP contribution in [0.3, 0.4) is 0 Å². The second-order valence-electron chi connectivity index (χ2n) is 7.14. The van der Waals surface area contributed by atoms with E-state index in [0.29, 0.717) is 15.7 Å². The predicted octanol–water partition coefficient (Wildman–Crippen LogP) is 2.72. The molecule has 0 saturated heterocycles. The number of allylic oxidation sites excluding steroid dienone is 1. The maximum Gasteiger partial charge on any atom is 0.247 e. The Morgan fingerprint density at radius 3 is 2.43 bits per heavy atom.